The van der Waals surface area contributed by atoms with Crippen LogP contribution in [0.5, 0.6) is 0 Å². The van der Waals surface area contributed by atoms with Gasteiger partial charge in [0.25, 0.3) is 0 Å². The summed E-state index contributed by atoms with van der Waals surface area (Å²) in [6.45, 7) is 0.976. The molecule has 0 radical (unpaired) electrons. The largest absolute Gasteiger partial charge is 0.465 e. The van der Waals surface area contributed by atoms with Crippen molar-refractivity contribution in [1.29, 1.82) is 0 Å². The Hall–Kier alpha value is -1.08. The molecule has 98 valence electrons. The average molecular weight is 333 g/mol. The first-order chi connectivity index (χ1) is 8.63. The number of hydrogen-bond donors (Lipinski definition) is 2. The lowest BCUT2D eigenvalue weighted by Crippen LogP contribution is -2.39. The zero-order chi connectivity index (χ0) is 13.1. The molecule has 0 bridgehead atoms. The highest BCUT2D eigenvalue weighted by molar-refractivity contribution is 9.10. The lowest BCUT2D eigenvalue weighted by Gasteiger charge is -2.30. The summed E-state index contributed by atoms with van der Waals surface area (Å²) in [5, 5.41) is 23.4. The number of carboxylic acid groups (broad SMARTS) is 1. The molecule has 1 saturated heterocycles. The Morgan fingerprint density at radius 1 is 1.50 bits per heavy atom. The number of nitrogens with zero attached hydrogens (tertiary/aromatic N) is 2. The third-order valence-electron chi connectivity index (χ3n) is 3.11. The standard InChI is InChI=1S/C11H13BrN2O3S/c12-8-3-6-18-10(8)9(13-17)7-1-4-14(5-2-7)11(15)16/h3,6-7,17H,1-2,4-5H2,(H,15,16)/b13-9+. The molecular weight excluding hydrogens is 320 g/mol. The molecule has 0 aromatic carbocycles. The van der Waals surface area contributed by atoms with Crippen molar-refractivity contribution in [3.63, 3.8) is 0 Å². The molecule has 18 heavy (non-hydrogen) atoms. The van der Waals surface area contributed by atoms with Crippen molar-refractivity contribution < 1.29 is 15.1 Å². The van der Waals surface area contributed by atoms with Crippen LogP contribution in [0.4, 0.5) is 4.79 Å². The minimum Gasteiger partial charge on any atom is -0.465 e. The van der Waals surface area contributed by atoms with Gasteiger partial charge in [-0.15, -0.1) is 11.3 Å². The molecule has 1 aromatic rings. The quantitative estimate of drug-likeness (QED) is 0.496. The van der Waals surface area contributed by atoms with Crippen molar-refractivity contribution in [2.75, 3.05) is 13.1 Å². The number of hydrogen-bond acceptors (Lipinski definition) is 4. The Kier molecular flexibility index (Phi) is 4.23. The maximum Gasteiger partial charge on any atom is 0.407 e. The molecule has 2 heterocycles. The van der Waals surface area contributed by atoms with Crippen LogP contribution < -0.4 is 0 Å². The van der Waals surface area contributed by atoms with Gasteiger partial charge in [-0.1, -0.05) is 5.16 Å². The van der Waals surface area contributed by atoms with Gasteiger partial charge in [0.05, 0.1) is 4.88 Å². The first-order valence-corrected chi connectivity index (χ1v) is 7.24. The number of halogens is 1. The van der Waals surface area contributed by atoms with E-state index in [-0.39, 0.29) is 5.92 Å². The molecule has 0 aliphatic carbocycles. The Bertz CT molecular complexity index is 467. The lowest BCUT2D eigenvalue weighted by molar-refractivity contribution is 0.131. The molecule has 2 rings (SSSR count). The van der Waals surface area contributed by atoms with Crippen LogP contribution in [-0.2, 0) is 0 Å². The van der Waals surface area contributed by atoms with Crippen molar-refractivity contribution in [3.05, 3.63) is 20.8 Å². The monoisotopic (exact) mass is 332 g/mol. The summed E-state index contributed by atoms with van der Waals surface area (Å²) in [5.74, 6) is 0.112. The van der Waals surface area contributed by atoms with Crippen molar-refractivity contribution in [2.45, 2.75) is 12.8 Å². The molecule has 2 N–H and O–H groups in total. The fourth-order valence-electron chi connectivity index (χ4n) is 2.13. The van der Waals surface area contributed by atoms with Crippen LogP contribution in [0, 0.1) is 5.92 Å². The first-order valence-electron chi connectivity index (χ1n) is 5.56. The highest BCUT2D eigenvalue weighted by atomic mass is 79.9. The second-order valence-electron chi connectivity index (χ2n) is 4.13. The van der Waals surface area contributed by atoms with Crippen LogP contribution in [0.3, 0.4) is 0 Å². The van der Waals surface area contributed by atoms with Crippen molar-refractivity contribution in [2.24, 2.45) is 11.1 Å². The Balaban J connectivity index is 2.09. The predicted molar refractivity (Wildman–Crippen MR) is 72.7 cm³/mol. The molecule has 1 fully saturated rings. The number of thiophene rings is 1. The normalized spacial score (nSPS) is 18.1. The van der Waals surface area contributed by atoms with E-state index in [1.54, 1.807) is 0 Å². The molecule has 5 nitrogen and oxygen atoms in total. The Morgan fingerprint density at radius 2 is 2.17 bits per heavy atom. The average Bonchev–Trinajstić information content (AvgIpc) is 2.78. The van der Waals surface area contributed by atoms with Crippen LogP contribution in [-0.4, -0.2) is 40.1 Å². The maximum atomic E-state index is 10.8. The summed E-state index contributed by atoms with van der Waals surface area (Å²) in [7, 11) is 0. The molecule has 1 amide bonds. The number of carbonyl (C=O) groups is 1. The second kappa shape index (κ2) is 5.71. The zero-order valence-corrected chi connectivity index (χ0v) is 11.9. The summed E-state index contributed by atoms with van der Waals surface area (Å²) < 4.78 is 0.918. The molecule has 1 aliphatic rings. The third-order valence-corrected chi connectivity index (χ3v) is 4.97. The highest BCUT2D eigenvalue weighted by Gasteiger charge is 2.28. The maximum absolute atomic E-state index is 10.8. The number of oxime groups is 1. The zero-order valence-electron chi connectivity index (χ0n) is 9.54. The van der Waals surface area contributed by atoms with E-state index in [1.165, 1.54) is 16.2 Å². The van der Waals surface area contributed by atoms with Gasteiger partial charge in [-0.25, -0.2) is 4.79 Å². The van der Waals surface area contributed by atoms with Gasteiger partial charge in [0, 0.05) is 23.5 Å². The minimum atomic E-state index is -0.881. The SMILES string of the molecule is O=C(O)N1CCC(/C(=N\O)c2sccc2Br)CC1. The van der Waals surface area contributed by atoms with Gasteiger partial charge in [-0.05, 0) is 40.2 Å². The molecule has 7 heteroatoms. The van der Waals surface area contributed by atoms with E-state index in [9.17, 15) is 10.0 Å². The van der Waals surface area contributed by atoms with Gasteiger partial charge in [0.2, 0.25) is 0 Å². The lowest BCUT2D eigenvalue weighted by atomic mass is 9.91. The molecule has 0 atom stereocenters. The summed E-state index contributed by atoms with van der Waals surface area (Å²) in [6.07, 6.45) is 0.500. The van der Waals surface area contributed by atoms with Crippen molar-refractivity contribution >= 4 is 39.1 Å². The van der Waals surface area contributed by atoms with Crippen LogP contribution in [0.1, 0.15) is 17.7 Å². The smallest absolute Gasteiger partial charge is 0.407 e. The van der Waals surface area contributed by atoms with Gasteiger partial charge in [0.15, 0.2) is 0 Å². The molecular formula is C11H13BrN2O3S. The number of rotatable bonds is 2. The summed E-state index contributed by atoms with van der Waals surface area (Å²) in [4.78, 5) is 13.1. The van der Waals surface area contributed by atoms with E-state index in [0.29, 0.717) is 31.6 Å². The van der Waals surface area contributed by atoms with Gasteiger partial charge in [-0.3, -0.25) is 0 Å². The molecule has 0 spiro atoms. The number of amides is 1. The summed E-state index contributed by atoms with van der Waals surface area (Å²) in [6, 6.07) is 1.91. The Labute approximate surface area is 117 Å². The fourth-order valence-corrected chi connectivity index (χ4v) is 3.77. The summed E-state index contributed by atoms with van der Waals surface area (Å²) >= 11 is 4.94. The first kappa shape index (κ1) is 13.4. The fraction of sp³-hybridized carbons (Fsp3) is 0.455. The topological polar surface area (TPSA) is 73.1 Å². The van der Waals surface area contributed by atoms with E-state index < -0.39 is 6.09 Å². The number of likely N-dealkylation sites (tertiary alicyclic amines) is 1. The van der Waals surface area contributed by atoms with Crippen LogP contribution in [0.2, 0.25) is 0 Å². The third kappa shape index (κ3) is 2.67. The van der Waals surface area contributed by atoms with E-state index >= 15 is 0 Å². The molecule has 1 aliphatic heterocycles. The van der Waals surface area contributed by atoms with Gasteiger partial charge < -0.3 is 15.2 Å². The van der Waals surface area contributed by atoms with Gasteiger partial charge in [-0.2, -0.15) is 0 Å². The van der Waals surface area contributed by atoms with E-state index in [2.05, 4.69) is 21.1 Å². The van der Waals surface area contributed by atoms with Gasteiger partial charge in [0.1, 0.15) is 5.71 Å². The van der Waals surface area contributed by atoms with Crippen LogP contribution >= 0.6 is 27.3 Å². The van der Waals surface area contributed by atoms with Crippen molar-refractivity contribution in [1.82, 2.24) is 4.90 Å². The van der Waals surface area contributed by atoms with Crippen LogP contribution in [0.15, 0.2) is 21.1 Å². The van der Waals surface area contributed by atoms with Gasteiger partial charge >= 0.3 is 6.09 Å². The predicted octanol–water partition coefficient (Wildman–Crippen LogP) is 3.08. The van der Waals surface area contributed by atoms with E-state index in [4.69, 9.17) is 5.11 Å². The van der Waals surface area contributed by atoms with Crippen LogP contribution in [0.25, 0.3) is 0 Å². The summed E-state index contributed by atoms with van der Waals surface area (Å²) in [5.41, 5.74) is 0.655. The molecule has 1 aromatic heterocycles. The number of piperidine rings is 1. The van der Waals surface area contributed by atoms with E-state index in [0.717, 1.165) is 9.35 Å². The molecule has 0 unspecified atom stereocenters. The van der Waals surface area contributed by atoms with Crippen molar-refractivity contribution in [3.8, 4) is 0 Å². The second-order valence-corrected chi connectivity index (χ2v) is 5.90. The Morgan fingerprint density at radius 3 is 2.61 bits per heavy atom. The highest BCUT2D eigenvalue weighted by Crippen LogP contribution is 2.30. The molecule has 0 saturated carbocycles. The minimum absolute atomic E-state index is 0.112. The van der Waals surface area contributed by atoms with E-state index in [1.807, 2.05) is 11.4 Å².